The summed E-state index contributed by atoms with van der Waals surface area (Å²) in [5.41, 5.74) is 0.206. The van der Waals surface area contributed by atoms with Gasteiger partial charge in [-0.15, -0.1) is 0 Å². The number of hydrogen-bond acceptors (Lipinski definition) is 2. The van der Waals surface area contributed by atoms with Crippen LogP contribution in [0.5, 0.6) is 0 Å². The van der Waals surface area contributed by atoms with E-state index in [9.17, 15) is 4.79 Å². The molecule has 5 heteroatoms. The summed E-state index contributed by atoms with van der Waals surface area (Å²) in [6, 6.07) is 0. The second-order valence-corrected chi connectivity index (χ2v) is 2.64. The first-order valence-corrected chi connectivity index (χ1v) is 3.40. The summed E-state index contributed by atoms with van der Waals surface area (Å²) < 4.78 is 3.55. The molecule has 4 nitrogen and oxygen atoms in total. The number of aromatic carboxylic acids is 1. The molecule has 1 aromatic rings. The van der Waals surface area contributed by atoms with Crippen LogP contribution in [0.3, 0.4) is 0 Å². The Bertz CT molecular complexity index is 350. The molecule has 0 unspecified atom stereocenters. The molecule has 0 saturated heterocycles. The van der Waals surface area contributed by atoms with Crippen LogP contribution in [0.15, 0.2) is 6.20 Å². The molecule has 1 N–H and O–H groups in total. The average Bonchev–Trinajstić information content (AvgIpc) is 2.17. The van der Waals surface area contributed by atoms with Crippen LogP contribution in [0.2, 0.25) is 0 Å². The van der Waals surface area contributed by atoms with Gasteiger partial charge in [0.05, 0.1) is 0 Å². The van der Waals surface area contributed by atoms with Gasteiger partial charge in [-0.3, -0.25) is 0 Å². The van der Waals surface area contributed by atoms with Gasteiger partial charge in [-0.2, -0.15) is 0 Å². The number of aromatic nitrogens is 2. The highest BCUT2D eigenvalue weighted by atomic mass is 32.1. The molecule has 1 heterocycles. The minimum atomic E-state index is -0.959. The highest BCUT2D eigenvalue weighted by Crippen LogP contribution is 2.00. The molecule has 0 bridgehead atoms. The number of aryl methyl sites for hydroxylation is 1. The molecule has 11 heavy (non-hydrogen) atoms. The average molecular weight is 172 g/mol. The number of rotatable bonds is 1. The van der Waals surface area contributed by atoms with Gasteiger partial charge >= 0.3 is 5.97 Å². The summed E-state index contributed by atoms with van der Waals surface area (Å²) in [5, 5.41) is 8.62. The molecule has 0 aliphatic rings. The van der Waals surface area contributed by atoms with Gasteiger partial charge in [0.15, 0.2) is 4.77 Å². The fourth-order valence-electron chi connectivity index (χ4n) is 0.864. The summed E-state index contributed by atoms with van der Waals surface area (Å²) in [5.74, 6) is -0.959. The molecule has 60 valence electrons. The normalized spacial score (nSPS) is 10.0. The summed E-state index contributed by atoms with van der Waals surface area (Å²) >= 11 is 4.90. The molecule has 1 aromatic heterocycles. The fraction of sp³-hybridized carbons (Fsp3) is 0.333. The minimum absolute atomic E-state index is 0.206. The summed E-state index contributed by atoms with van der Waals surface area (Å²) in [6.45, 7) is 0. The maximum absolute atomic E-state index is 10.5. The summed E-state index contributed by atoms with van der Waals surface area (Å²) in [7, 11) is 3.35. The third-order valence-corrected chi connectivity index (χ3v) is 2.05. The Balaban J connectivity index is 3.42. The van der Waals surface area contributed by atoms with Crippen LogP contribution in [0.1, 0.15) is 10.5 Å². The van der Waals surface area contributed by atoms with Crippen molar-refractivity contribution >= 4 is 18.2 Å². The zero-order valence-corrected chi connectivity index (χ0v) is 7.05. The van der Waals surface area contributed by atoms with E-state index in [1.807, 2.05) is 0 Å². The highest BCUT2D eigenvalue weighted by Gasteiger charge is 2.08. The lowest BCUT2D eigenvalue weighted by Gasteiger charge is -1.92. The van der Waals surface area contributed by atoms with Gasteiger partial charge < -0.3 is 14.2 Å². The fourth-order valence-corrected chi connectivity index (χ4v) is 1.01. The first-order valence-electron chi connectivity index (χ1n) is 2.99. The smallest absolute Gasteiger partial charge is 0.354 e. The van der Waals surface area contributed by atoms with Crippen molar-refractivity contribution in [3.8, 4) is 0 Å². The first-order chi connectivity index (χ1) is 5.04. The highest BCUT2D eigenvalue weighted by molar-refractivity contribution is 7.71. The van der Waals surface area contributed by atoms with Gasteiger partial charge in [-0.25, -0.2) is 4.79 Å². The Morgan fingerprint density at radius 1 is 1.64 bits per heavy atom. The quantitative estimate of drug-likeness (QED) is 0.637. The maximum atomic E-state index is 10.5. The Morgan fingerprint density at radius 2 is 2.18 bits per heavy atom. The van der Waals surface area contributed by atoms with E-state index < -0.39 is 5.97 Å². The van der Waals surface area contributed by atoms with Crippen molar-refractivity contribution in [2.24, 2.45) is 14.1 Å². The van der Waals surface area contributed by atoms with E-state index in [1.165, 1.54) is 10.8 Å². The summed E-state index contributed by atoms with van der Waals surface area (Å²) in [4.78, 5) is 10.5. The van der Waals surface area contributed by atoms with Crippen LogP contribution in [0.25, 0.3) is 0 Å². The Morgan fingerprint density at radius 3 is 2.36 bits per heavy atom. The van der Waals surface area contributed by atoms with Crippen LogP contribution in [-0.4, -0.2) is 20.2 Å². The second-order valence-electron chi connectivity index (χ2n) is 2.27. The van der Waals surface area contributed by atoms with Crippen LogP contribution in [0.4, 0.5) is 0 Å². The monoisotopic (exact) mass is 172 g/mol. The second kappa shape index (κ2) is 2.50. The molecule has 0 saturated carbocycles. The van der Waals surface area contributed by atoms with Crippen LogP contribution in [0, 0.1) is 4.77 Å². The van der Waals surface area contributed by atoms with E-state index in [0.29, 0.717) is 4.77 Å². The lowest BCUT2D eigenvalue weighted by atomic mass is 10.5. The van der Waals surface area contributed by atoms with E-state index in [4.69, 9.17) is 17.3 Å². The van der Waals surface area contributed by atoms with Gasteiger partial charge in [0.1, 0.15) is 5.69 Å². The predicted octanol–water partition coefficient (Wildman–Crippen LogP) is 0.791. The molecule has 0 aliphatic carbocycles. The summed E-state index contributed by atoms with van der Waals surface area (Å²) in [6.07, 6.45) is 1.49. The maximum Gasteiger partial charge on any atom is 0.354 e. The number of carboxylic acids is 1. The number of carboxylic acid groups (broad SMARTS) is 1. The SMILES string of the molecule is Cn1cc(C(=O)O)n(C)c1=S. The molecular formula is C6H8N2O2S. The Hall–Kier alpha value is -1.10. The molecule has 0 radical (unpaired) electrons. The van der Waals surface area contributed by atoms with Gasteiger partial charge in [-0.1, -0.05) is 0 Å². The molecule has 0 amide bonds. The molecule has 0 atom stereocenters. The van der Waals surface area contributed by atoms with Gasteiger partial charge in [0.2, 0.25) is 0 Å². The van der Waals surface area contributed by atoms with Crippen molar-refractivity contribution in [3.63, 3.8) is 0 Å². The zero-order valence-electron chi connectivity index (χ0n) is 6.24. The van der Waals surface area contributed by atoms with Crippen molar-refractivity contribution in [1.29, 1.82) is 0 Å². The third-order valence-electron chi connectivity index (χ3n) is 1.49. The van der Waals surface area contributed by atoms with Crippen molar-refractivity contribution in [1.82, 2.24) is 9.13 Å². The number of nitrogens with zero attached hydrogens (tertiary/aromatic N) is 2. The minimum Gasteiger partial charge on any atom is -0.477 e. The largest absolute Gasteiger partial charge is 0.477 e. The van der Waals surface area contributed by atoms with E-state index in [1.54, 1.807) is 18.7 Å². The predicted molar refractivity (Wildman–Crippen MR) is 42.2 cm³/mol. The molecule has 0 spiro atoms. The lowest BCUT2D eigenvalue weighted by Crippen LogP contribution is -2.03. The number of carbonyl (C=O) groups is 1. The van der Waals surface area contributed by atoms with E-state index in [2.05, 4.69) is 0 Å². The zero-order chi connectivity index (χ0) is 8.59. The molecular weight excluding hydrogens is 164 g/mol. The Labute approximate surface area is 68.7 Å². The van der Waals surface area contributed by atoms with Gasteiger partial charge in [-0.05, 0) is 12.2 Å². The van der Waals surface area contributed by atoms with E-state index in [-0.39, 0.29) is 5.69 Å². The lowest BCUT2D eigenvalue weighted by molar-refractivity contribution is 0.0686. The van der Waals surface area contributed by atoms with E-state index >= 15 is 0 Å². The Kier molecular flexibility index (Phi) is 1.82. The molecule has 0 fully saturated rings. The first kappa shape index (κ1) is 8.00. The van der Waals surface area contributed by atoms with Crippen LogP contribution in [-0.2, 0) is 14.1 Å². The van der Waals surface area contributed by atoms with Crippen molar-refractivity contribution in [3.05, 3.63) is 16.7 Å². The standard InChI is InChI=1S/C6H8N2O2S/c1-7-3-4(5(9)10)8(2)6(7)11/h3H,1-2H3,(H,9,10). The molecule has 1 rings (SSSR count). The van der Waals surface area contributed by atoms with E-state index in [0.717, 1.165) is 0 Å². The van der Waals surface area contributed by atoms with Crippen LogP contribution >= 0.6 is 12.2 Å². The molecule has 0 aromatic carbocycles. The van der Waals surface area contributed by atoms with Crippen molar-refractivity contribution in [2.45, 2.75) is 0 Å². The van der Waals surface area contributed by atoms with Crippen molar-refractivity contribution < 1.29 is 9.90 Å². The van der Waals surface area contributed by atoms with Crippen LogP contribution < -0.4 is 0 Å². The van der Waals surface area contributed by atoms with Gasteiger partial charge in [0, 0.05) is 20.3 Å². The number of hydrogen-bond donors (Lipinski definition) is 1. The topological polar surface area (TPSA) is 47.2 Å². The number of imidazole rings is 1. The van der Waals surface area contributed by atoms with Gasteiger partial charge in [0.25, 0.3) is 0 Å². The van der Waals surface area contributed by atoms with Crippen molar-refractivity contribution in [2.75, 3.05) is 0 Å². The third kappa shape index (κ3) is 1.19. The molecule has 0 aliphatic heterocycles.